The summed E-state index contributed by atoms with van der Waals surface area (Å²) in [5.41, 5.74) is 0. The summed E-state index contributed by atoms with van der Waals surface area (Å²) >= 11 is 2.20. The normalized spacial score (nSPS) is 30.9. The van der Waals surface area contributed by atoms with Crippen molar-refractivity contribution in [2.24, 2.45) is 0 Å². The summed E-state index contributed by atoms with van der Waals surface area (Å²) in [5, 5.41) is 0. The van der Waals surface area contributed by atoms with Crippen LogP contribution in [-0.4, -0.2) is 34.2 Å². The van der Waals surface area contributed by atoms with Gasteiger partial charge in [-0.3, -0.25) is 4.79 Å². The first-order valence-corrected chi connectivity index (χ1v) is 5.17. The summed E-state index contributed by atoms with van der Waals surface area (Å²) in [5.74, 6) is 0.209. The molecule has 2 atom stereocenters. The minimum Gasteiger partial charge on any atom is -0.376 e. The van der Waals surface area contributed by atoms with E-state index >= 15 is 0 Å². The number of rotatable bonds is 3. The average molecular weight is 283 g/mol. The highest BCUT2D eigenvalue weighted by Gasteiger charge is 2.36. The molecule has 12 heavy (non-hydrogen) atoms. The Hall–Kier alpha value is 0.320. The lowest BCUT2D eigenvalue weighted by Crippen LogP contribution is -2.36. The van der Waals surface area contributed by atoms with Crippen molar-refractivity contribution in [3.05, 3.63) is 0 Å². The number of Topliss-reactive ketones (excluding diaryl/α,β-unsaturated/α-hetero) is 1. The van der Waals surface area contributed by atoms with Crippen LogP contribution in [0.1, 0.15) is 20.3 Å². The Bertz CT molecular complexity index is 172. The maximum absolute atomic E-state index is 11.2. The largest absolute Gasteiger partial charge is 0.376 e. The van der Waals surface area contributed by atoms with Gasteiger partial charge in [0.2, 0.25) is 0 Å². The number of ketones is 1. The molecule has 0 bridgehead atoms. The summed E-state index contributed by atoms with van der Waals surface area (Å²) < 4.78 is 7.52. The molecule has 70 valence electrons. The molecule has 1 aliphatic heterocycles. The summed E-state index contributed by atoms with van der Waals surface area (Å²) in [6, 6.07) is -0.0226. The Morgan fingerprint density at radius 3 is 2.92 bits per heavy atom. The molecule has 0 aromatic carbocycles. The molecular formula is C8H14INO2. The third-order valence-electron chi connectivity index (χ3n) is 2.08. The maximum atomic E-state index is 11.2. The van der Waals surface area contributed by atoms with E-state index in [4.69, 9.17) is 4.74 Å². The SMILES string of the molecule is CCO[C@H]1CCN(I)[C@@H]1C(C)=O. The lowest BCUT2D eigenvalue weighted by Gasteiger charge is -2.20. The highest BCUT2D eigenvalue weighted by atomic mass is 127. The summed E-state index contributed by atoms with van der Waals surface area (Å²) in [4.78, 5) is 11.2. The quantitative estimate of drug-likeness (QED) is 0.579. The van der Waals surface area contributed by atoms with Gasteiger partial charge in [-0.2, -0.15) is 0 Å². The predicted molar refractivity (Wildman–Crippen MR) is 55.2 cm³/mol. The van der Waals surface area contributed by atoms with Crippen LogP contribution in [0.3, 0.4) is 0 Å². The van der Waals surface area contributed by atoms with Crippen molar-refractivity contribution in [2.75, 3.05) is 13.2 Å². The molecule has 0 radical (unpaired) electrons. The smallest absolute Gasteiger partial charge is 0.150 e. The fourth-order valence-electron chi connectivity index (χ4n) is 1.58. The van der Waals surface area contributed by atoms with E-state index in [0.717, 1.165) is 13.0 Å². The average Bonchev–Trinajstić information content (AvgIpc) is 2.32. The van der Waals surface area contributed by atoms with Gasteiger partial charge in [-0.1, -0.05) is 0 Å². The van der Waals surface area contributed by atoms with Crippen molar-refractivity contribution in [1.29, 1.82) is 0 Å². The molecule has 1 heterocycles. The van der Waals surface area contributed by atoms with Crippen LogP contribution in [0, 0.1) is 0 Å². The Morgan fingerprint density at radius 1 is 1.75 bits per heavy atom. The molecule has 4 heteroatoms. The molecule has 0 unspecified atom stereocenters. The van der Waals surface area contributed by atoms with Crippen LogP contribution in [0.15, 0.2) is 0 Å². The van der Waals surface area contributed by atoms with Gasteiger partial charge >= 0.3 is 0 Å². The van der Waals surface area contributed by atoms with Gasteiger partial charge in [0.25, 0.3) is 0 Å². The van der Waals surface area contributed by atoms with Gasteiger partial charge in [0, 0.05) is 36.0 Å². The van der Waals surface area contributed by atoms with E-state index in [1.54, 1.807) is 6.92 Å². The molecule has 3 nitrogen and oxygen atoms in total. The zero-order chi connectivity index (χ0) is 9.14. The third-order valence-corrected chi connectivity index (χ3v) is 3.16. The number of carbonyl (C=O) groups excluding carboxylic acids is 1. The van der Waals surface area contributed by atoms with E-state index in [1.807, 2.05) is 10.0 Å². The van der Waals surface area contributed by atoms with E-state index in [1.165, 1.54) is 0 Å². The van der Waals surface area contributed by atoms with Gasteiger partial charge < -0.3 is 4.74 Å². The van der Waals surface area contributed by atoms with Gasteiger partial charge in [0.1, 0.15) is 11.8 Å². The van der Waals surface area contributed by atoms with Crippen LogP contribution in [0.2, 0.25) is 0 Å². The molecule has 1 aliphatic rings. The monoisotopic (exact) mass is 283 g/mol. The van der Waals surface area contributed by atoms with Gasteiger partial charge in [0.05, 0.1) is 6.10 Å². The molecule has 0 aliphatic carbocycles. The van der Waals surface area contributed by atoms with Gasteiger partial charge in [-0.05, 0) is 20.3 Å². The van der Waals surface area contributed by atoms with E-state index in [9.17, 15) is 4.79 Å². The summed E-state index contributed by atoms with van der Waals surface area (Å²) in [7, 11) is 0. The van der Waals surface area contributed by atoms with Gasteiger partial charge in [-0.25, -0.2) is 3.11 Å². The fourth-order valence-corrected chi connectivity index (χ4v) is 2.61. The second-order valence-electron chi connectivity index (χ2n) is 2.96. The molecule has 0 N–H and O–H groups in total. The molecular weight excluding hydrogens is 269 g/mol. The Labute approximate surface area is 86.9 Å². The van der Waals surface area contributed by atoms with Crippen molar-refractivity contribution in [3.8, 4) is 0 Å². The standard InChI is InChI=1S/C8H14INO2/c1-3-12-7-4-5-10(9)8(7)6(2)11/h7-8H,3-5H2,1-2H3/t7-,8+/m0/s1. The molecule has 1 saturated heterocycles. The van der Waals surface area contributed by atoms with E-state index < -0.39 is 0 Å². The molecule has 0 amide bonds. The molecule has 0 aromatic rings. The maximum Gasteiger partial charge on any atom is 0.150 e. The van der Waals surface area contributed by atoms with Gasteiger partial charge in [-0.15, -0.1) is 0 Å². The first-order chi connectivity index (χ1) is 5.66. The van der Waals surface area contributed by atoms with Crippen LogP contribution >= 0.6 is 22.9 Å². The number of halogens is 1. The molecule has 1 fully saturated rings. The first kappa shape index (κ1) is 10.4. The van der Waals surface area contributed by atoms with Crippen LogP contribution in [0.4, 0.5) is 0 Å². The zero-order valence-corrected chi connectivity index (χ0v) is 9.58. The van der Waals surface area contributed by atoms with Gasteiger partial charge in [0.15, 0.2) is 0 Å². The second-order valence-corrected chi connectivity index (χ2v) is 4.20. The number of hydrogen-bond donors (Lipinski definition) is 0. The Morgan fingerprint density at radius 2 is 2.42 bits per heavy atom. The number of carbonyl (C=O) groups is 1. The first-order valence-electron chi connectivity index (χ1n) is 4.21. The van der Waals surface area contributed by atoms with Crippen molar-refractivity contribution in [2.45, 2.75) is 32.4 Å². The van der Waals surface area contributed by atoms with E-state index in [0.29, 0.717) is 6.61 Å². The molecule has 0 spiro atoms. The topological polar surface area (TPSA) is 29.5 Å². The third kappa shape index (κ3) is 2.17. The van der Waals surface area contributed by atoms with Crippen molar-refractivity contribution in [3.63, 3.8) is 0 Å². The molecule has 1 rings (SSSR count). The predicted octanol–water partition coefficient (Wildman–Crippen LogP) is 1.40. The minimum atomic E-state index is -0.0226. The number of ether oxygens (including phenoxy) is 1. The molecule has 0 saturated carbocycles. The highest BCUT2D eigenvalue weighted by Crippen LogP contribution is 2.24. The Balaban J connectivity index is 2.57. The van der Waals surface area contributed by atoms with Crippen LogP contribution < -0.4 is 0 Å². The lowest BCUT2D eigenvalue weighted by molar-refractivity contribution is -0.122. The fraction of sp³-hybridized carbons (Fsp3) is 0.875. The summed E-state index contributed by atoms with van der Waals surface area (Å²) in [6.45, 7) is 5.25. The van der Waals surface area contributed by atoms with E-state index in [-0.39, 0.29) is 17.9 Å². The highest BCUT2D eigenvalue weighted by molar-refractivity contribution is 14.1. The number of nitrogens with zero attached hydrogens (tertiary/aromatic N) is 1. The zero-order valence-electron chi connectivity index (χ0n) is 7.42. The van der Waals surface area contributed by atoms with Crippen molar-refractivity contribution >= 4 is 28.6 Å². The lowest BCUT2D eigenvalue weighted by atomic mass is 10.1. The second kappa shape index (κ2) is 4.53. The van der Waals surface area contributed by atoms with Crippen LogP contribution in [0.25, 0.3) is 0 Å². The number of hydrogen-bond acceptors (Lipinski definition) is 3. The minimum absolute atomic E-state index is 0.0226. The van der Waals surface area contributed by atoms with Crippen LogP contribution in [-0.2, 0) is 9.53 Å². The van der Waals surface area contributed by atoms with E-state index in [2.05, 4.69) is 22.9 Å². The summed E-state index contributed by atoms with van der Waals surface area (Å²) in [6.07, 6.45) is 1.09. The Kier molecular flexibility index (Phi) is 3.92. The van der Waals surface area contributed by atoms with Crippen molar-refractivity contribution < 1.29 is 9.53 Å². The molecule has 0 aromatic heterocycles. The van der Waals surface area contributed by atoms with Crippen LogP contribution in [0.5, 0.6) is 0 Å². The van der Waals surface area contributed by atoms with Crippen molar-refractivity contribution in [1.82, 2.24) is 3.11 Å².